The summed E-state index contributed by atoms with van der Waals surface area (Å²) in [5.74, 6) is -0.690. The van der Waals surface area contributed by atoms with Crippen molar-refractivity contribution in [3.05, 3.63) is 32.9 Å². The third-order valence-corrected chi connectivity index (χ3v) is 5.34. The maximum absolute atomic E-state index is 14.3. The van der Waals surface area contributed by atoms with Gasteiger partial charge in [-0.3, -0.25) is 10.1 Å². The van der Waals surface area contributed by atoms with Gasteiger partial charge >= 0.3 is 11.8 Å². The van der Waals surface area contributed by atoms with Crippen LogP contribution in [0.4, 0.5) is 20.6 Å². The smallest absolute Gasteiger partial charge is 0.407 e. The highest BCUT2D eigenvalue weighted by Gasteiger charge is 2.50. The minimum Gasteiger partial charge on any atom is -0.465 e. The van der Waals surface area contributed by atoms with E-state index in [0.29, 0.717) is 19.5 Å². The molecule has 0 spiro atoms. The molecule has 2 aromatic rings. The van der Waals surface area contributed by atoms with Crippen molar-refractivity contribution in [1.29, 1.82) is 0 Å². The van der Waals surface area contributed by atoms with Gasteiger partial charge in [-0.15, -0.1) is 0 Å². The first-order valence-corrected chi connectivity index (χ1v) is 8.22. The summed E-state index contributed by atoms with van der Waals surface area (Å²) in [6, 6.07) is -0.388. The van der Waals surface area contributed by atoms with Crippen LogP contribution in [0.2, 0.25) is 0 Å². The molecule has 0 saturated carbocycles. The third-order valence-electron chi connectivity index (χ3n) is 4.79. The van der Waals surface area contributed by atoms with Gasteiger partial charge in [-0.1, -0.05) is 0 Å². The lowest BCUT2D eigenvalue weighted by Gasteiger charge is -2.47. The molecule has 130 valence electrons. The zero-order chi connectivity index (χ0) is 17.9. The fourth-order valence-corrected chi connectivity index (χ4v) is 3.92. The van der Waals surface area contributed by atoms with Gasteiger partial charge in [-0.2, -0.15) is 0 Å². The van der Waals surface area contributed by atoms with Gasteiger partial charge in [0.05, 0.1) is 22.4 Å². The van der Waals surface area contributed by atoms with Crippen molar-refractivity contribution in [2.24, 2.45) is 0 Å². The number of likely N-dealkylation sites (tertiary alicyclic amines) is 1. The van der Waals surface area contributed by atoms with Crippen LogP contribution >= 0.6 is 15.9 Å². The van der Waals surface area contributed by atoms with Gasteiger partial charge < -0.3 is 14.9 Å². The number of nitro groups is 1. The second kappa shape index (κ2) is 5.48. The molecule has 2 fully saturated rings. The topological polar surface area (TPSA) is 113 Å². The van der Waals surface area contributed by atoms with Crippen LogP contribution in [-0.4, -0.2) is 56.2 Å². The maximum Gasteiger partial charge on any atom is 0.407 e. The Morgan fingerprint density at radius 2 is 2.16 bits per heavy atom. The number of carboxylic acid groups (broad SMARTS) is 1. The van der Waals surface area contributed by atoms with Gasteiger partial charge in [0.1, 0.15) is 22.0 Å². The van der Waals surface area contributed by atoms with Crippen LogP contribution in [0, 0.1) is 15.9 Å². The third kappa shape index (κ3) is 2.22. The molecule has 2 atom stereocenters. The SMILES string of the molecule is O=C(O)N1CC[C@@H]2[C@H]1CN2c1c([N+](=O)[O-])cnc2c(F)c(Br)ncc12. The van der Waals surface area contributed by atoms with Crippen molar-refractivity contribution in [2.45, 2.75) is 18.5 Å². The Morgan fingerprint density at radius 3 is 2.84 bits per heavy atom. The Kier molecular flexibility index (Phi) is 3.49. The number of halogens is 2. The van der Waals surface area contributed by atoms with E-state index >= 15 is 0 Å². The Bertz CT molecular complexity index is 926. The molecule has 2 aliphatic rings. The molecule has 4 rings (SSSR count). The summed E-state index contributed by atoms with van der Waals surface area (Å²) < 4.78 is 14.3. The molecule has 2 saturated heterocycles. The molecule has 9 nitrogen and oxygen atoms in total. The van der Waals surface area contributed by atoms with Gasteiger partial charge in [-0.25, -0.2) is 19.2 Å². The number of aromatic nitrogens is 2. The molecule has 0 aliphatic carbocycles. The van der Waals surface area contributed by atoms with E-state index in [1.54, 1.807) is 4.90 Å². The number of fused-ring (bicyclic) bond motifs is 2. The zero-order valence-electron chi connectivity index (χ0n) is 12.6. The van der Waals surface area contributed by atoms with E-state index in [0.717, 1.165) is 6.20 Å². The number of hydrogen-bond donors (Lipinski definition) is 1. The van der Waals surface area contributed by atoms with Crippen molar-refractivity contribution in [1.82, 2.24) is 14.9 Å². The molecule has 0 aromatic carbocycles. The highest BCUT2D eigenvalue weighted by Crippen LogP contribution is 2.44. The van der Waals surface area contributed by atoms with E-state index in [1.165, 1.54) is 11.1 Å². The van der Waals surface area contributed by atoms with Crippen molar-refractivity contribution in [3.8, 4) is 0 Å². The molecular formula is C14H11BrFN5O4. The Balaban J connectivity index is 1.84. The molecule has 25 heavy (non-hydrogen) atoms. The molecule has 1 N–H and O–H groups in total. The Morgan fingerprint density at radius 1 is 1.40 bits per heavy atom. The van der Waals surface area contributed by atoms with Crippen LogP contribution in [0.15, 0.2) is 17.0 Å². The summed E-state index contributed by atoms with van der Waals surface area (Å²) in [6.45, 7) is 0.685. The molecule has 11 heteroatoms. The predicted molar refractivity (Wildman–Crippen MR) is 88.1 cm³/mol. The second-order valence-corrected chi connectivity index (χ2v) is 6.68. The van der Waals surface area contributed by atoms with Gasteiger partial charge in [-0.05, 0) is 22.4 Å². The molecule has 0 bridgehead atoms. The standard InChI is InChI=1S/C14H11BrFN5O4/c15-13-10(16)11-6(3-18-13)12(8(4-17-11)21(24)25)20-5-9-7(20)1-2-19(9)14(22)23/h3-4,7,9H,1-2,5H2,(H,22,23)/t7-,9-/m1/s1. The maximum atomic E-state index is 14.3. The predicted octanol–water partition coefficient (Wildman–Crippen LogP) is 2.38. The molecule has 0 unspecified atom stereocenters. The van der Waals surface area contributed by atoms with Gasteiger partial charge in [0.25, 0.3) is 0 Å². The molecule has 4 heterocycles. The summed E-state index contributed by atoms with van der Waals surface area (Å²) >= 11 is 2.98. The first-order chi connectivity index (χ1) is 11.9. The zero-order valence-corrected chi connectivity index (χ0v) is 14.2. The molecule has 2 aromatic heterocycles. The number of rotatable bonds is 2. The van der Waals surface area contributed by atoms with Crippen molar-refractivity contribution < 1.29 is 19.2 Å². The second-order valence-electron chi connectivity index (χ2n) is 5.93. The van der Waals surface area contributed by atoms with Gasteiger partial charge in [0.2, 0.25) is 0 Å². The summed E-state index contributed by atoms with van der Waals surface area (Å²) in [5, 5.41) is 20.9. The minimum absolute atomic E-state index is 0.0148. The lowest BCUT2D eigenvalue weighted by molar-refractivity contribution is -0.384. The number of anilines is 1. The molecule has 0 radical (unpaired) electrons. The summed E-state index contributed by atoms with van der Waals surface area (Å²) in [5.41, 5.74) is -0.0235. The van der Waals surface area contributed by atoms with Crippen molar-refractivity contribution in [2.75, 3.05) is 18.0 Å². The van der Waals surface area contributed by atoms with Crippen LogP contribution in [0.5, 0.6) is 0 Å². The van der Waals surface area contributed by atoms with Gasteiger partial charge in [0, 0.05) is 19.3 Å². The quantitative estimate of drug-likeness (QED) is 0.458. The monoisotopic (exact) mass is 411 g/mol. The number of amides is 1. The van der Waals surface area contributed by atoms with Crippen molar-refractivity contribution >= 4 is 44.3 Å². The summed E-state index contributed by atoms with van der Waals surface area (Å²) in [6.07, 6.45) is 1.93. The van der Waals surface area contributed by atoms with Crippen LogP contribution in [-0.2, 0) is 0 Å². The average Bonchev–Trinajstić information content (AvgIpc) is 2.88. The average molecular weight is 412 g/mol. The molecular weight excluding hydrogens is 401 g/mol. The Labute approximate surface area is 148 Å². The van der Waals surface area contributed by atoms with E-state index in [2.05, 4.69) is 25.9 Å². The summed E-state index contributed by atoms with van der Waals surface area (Å²) in [7, 11) is 0. The van der Waals surface area contributed by atoms with Crippen LogP contribution < -0.4 is 4.90 Å². The molecule has 2 aliphatic heterocycles. The van der Waals surface area contributed by atoms with E-state index < -0.39 is 16.8 Å². The number of hydrogen-bond acceptors (Lipinski definition) is 6. The lowest BCUT2D eigenvalue weighted by atomic mass is 9.95. The van der Waals surface area contributed by atoms with E-state index in [9.17, 15) is 24.4 Å². The number of carbonyl (C=O) groups is 1. The highest BCUT2D eigenvalue weighted by molar-refractivity contribution is 9.10. The highest BCUT2D eigenvalue weighted by atomic mass is 79.9. The lowest BCUT2D eigenvalue weighted by Crippen LogP contribution is -2.63. The minimum atomic E-state index is -1.00. The van der Waals surface area contributed by atoms with Gasteiger partial charge in [0.15, 0.2) is 5.82 Å². The van der Waals surface area contributed by atoms with Crippen molar-refractivity contribution in [3.63, 3.8) is 0 Å². The van der Waals surface area contributed by atoms with E-state index in [-0.39, 0.29) is 39.0 Å². The summed E-state index contributed by atoms with van der Waals surface area (Å²) in [4.78, 5) is 32.9. The van der Waals surface area contributed by atoms with Crippen LogP contribution in [0.3, 0.4) is 0 Å². The largest absolute Gasteiger partial charge is 0.465 e. The van der Waals surface area contributed by atoms with Crippen LogP contribution in [0.1, 0.15) is 6.42 Å². The van der Waals surface area contributed by atoms with E-state index in [1.807, 2.05) is 0 Å². The normalized spacial score (nSPS) is 22.0. The fourth-order valence-electron chi connectivity index (χ4n) is 3.63. The first-order valence-electron chi connectivity index (χ1n) is 7.43. The van der Waals surface area contributed by atoms with E-state index in [4.69, 9.17) is 0 Å². The fraction of sp³-hybridized carbons (Fsp3) is 0.357. The Hall–Kier alpha value is -2.56. The van der Waals surface area contributed by atoms with Crippen LogP contribution in [0.25, 0.3) is 10.9 Å². The number of pyridine rings is 2. The number of nitrogens with zero attached hydrogens (tertiary/aromatic N) is 5. The molecule has 1 amide bonds. The first kappa shape index (κ1) is 15.9.